The van der Waals surface area contributed by atoms with Gasteiger partial charge in [0.15, 0.2) is 0 Å². The average Bonchev–Trinajstić information content (AvgIpc) is 3.33. The standard InChI is InChI=1S/C18H13N3/c1-7-19-8-2-13(1)16-17(14-3-9-20-10-4-14)18(16)15-5-11-21-12-6-15/h1-12,16H. The van der Waals surface area contributed by atoms with Gasteiger partial charge in [0.05, 0.1) is 0 Å². The summed E-state index contributed by atoms with van der Waals surface area (Å²) < 4.78 is 0. The first kappa shape index (κ1) is 12.0. The van der Waals surface area contributed by atoms with E-state index in [1.165, 1.54) is 27.8 Å². The summed E-state index contributed by atoms with van der Waals surface area (Å²) in [6.45, 7) is 0. The number of rotatable bonds is 3. The van der Waals surface area contributed by atoms with Gasteiger partial charge in [-0.1, -0.05) is 0 Å². The van der Waals surface area contributed by atoms with Crippen molar-refractivity contribution < 1.29 is 0 Å². The van der Waals surface area contributed by atoms with Crippen molar-refractivity contribution in [1.82, 2.24) is 15.0 Å². The molecule has 4 rings (SSSR count). The van der Waals surface area contributed by atoms with E-state index in [0.717, 1.165) is 0 Å². The zero-order valence-corrected chi connectivity index (χ0v) is 11.3. The molecular weight excluding hydrogens is 258 g/mol. The lowest BCUT2D eigenvalue weighted by atomic mass is 10.0. The van der Waals surface area contributed by atoms with Gasteiger partial charge >= 0.3 is 0 Å². The summed E-state index contributed by atoms with van der Waals surface area (Å²) in [5.41, 5.74) is 6.49. The molecule has 0 aromatic carbocycles. The van der Waals surface area contributed by atoms with Crippen molar-refractivity contribution in [3.8, 4) is 0 Å². The topological polar surface area (TPSA) is 38.7 Å². The van der Waals surface area contributed by atoms with Gasteiger partial charge in [-0.3, -0.25) is 15.0 Å². The Morgan fingerprint density at radius 2 is 0.905 bits per heavy atom. The number of allylic oxidation sites excluding steroid dienone is 2. The predicted molar refractivity (Wildman–Crippen MR) is 82.3 cm³/mol. The largest absolute Gasteiger partial charge is 0.265 e. The molecule has 0 saturated heterocycles. The van der Waals surface area contributed by atoms with E-state index in [0.29, 0.717) is 5.92 Å². The maximum atomic E-state index is 4.11. The third-order valence-electron chi connectivity index (χ3n) is 3.81. The summed E-state index contributed by atoms with van der Waals surface area (Å²) in [6, 6.07) is 12.4. The fraction of sp³-hybridized carbons (Fsp3) is 0.0556. The second-order valence-electron chi connectivity index (χ2n) is 5.01. The van der Waals surface area contributed by atoms with Crippen LogP contribution in [0.3, 0.4) is 0 Å². The van der Waals surface area contributed by atoms with Gasteiger partial charge in [-0.05, 0) is 64.2 Å². The second kappa shape index (κ2) is 4.94. The van der Waals surface area contributed by atoms with Gasteiger partial charge in [-0.25, -0.2) is 0 Å². The Balaban J connectivity index is 1.81. The number of hydrogen-bond acceptors (Lipinski definition) is 3. The van der Waals surface area contributed by atoms with Crippen LogP contribution in [0.15, 0.2) is 73.6 Å². The van der Waals surface area contributed by atoms with Crippen LogP contribution in [0.5, 0.6) is 0 Å². The van der Waals surface area contributed by atoms with E-state index in [-0.39, 0.29) is 0 Å². The number of hydrogen-bond donors (Lipinski definition) is 0. The molecule has 0 N–H and O–H groups in total. The lowest BCUT2D eigenvalue weighted by molar-refractivity contribution is 1.19. The van der Waals surface area contributed by atoms with E-state index in [1.807, 2.05) is 37.2 Å². The maximum absolute atomic E-state index is 4.11. The highest BCUT2D eigenvalue weighted by Gasteiger charge is 2.39. The van der Waals surface area contributed by atoms with Crippen molar-refractivity contribution in [2.45, 2.75) is 5.92 Å². The highest BCUT2D eigenvalue weighted by atomic mass is 14.6. The lowest BCUT2D eigenvalue weighted by Gasteiger charge is -2.02. The Hall–Kier alpha value is -2.81. The van der Waals surface area contributed by atoms with Crippen molar-refractivity contribution in [3.63, 3.8) is 0 Å². The third kappa shape index (κ3) is 2.13. The molecule has 0 fully saturated rings. The molecule has 0 radical (unpaired) electrons. The minimum absolute atomic E-state index is 0.345. The Morgan fingerprint density at radius 1 is 0.524 bits per heavy atom. The van der Waals surface area contributed by atoms with E-state index in [4.69, 9.17) is 0 Å². The van der Waals surface area contributed by atoms with Gasteiger partial charge in [0.1, 0.15) is 0 Å². The minimum Gasteiger partial charge on any atom is -0.265 e. The Bertz CT molecular complexity index is 731. The van der Waals surface area contributed by atoms with Gasteiger partial charge in [-0.2, -0.15) is 0 Å². The first-order valence-corrected chi connectivity index (χ1v) is 6.90. The lowest BCUT2D eigenvalue weighted by Crippen LogP contribution is -1.86. The highest BCUT2D eigenvalue weighted by Crippen LogP contribution is 2.58. The van der Waals surface area contributed by atoms with Gasteiger partial charge in [0, 0.05) is 43.1 Å². The molecule has 1 aliphatic rings. The fourth-order valence-corrected chi connectivity index (χ4v) is 2.82. The van der Waals surface area contributed by atoms with Crippen LogP contribution in [-0.2, 0) is 0 Å². The normalized spacial score (nSPS) is 14.3. The van der Waals surface area contributed by atoms with E-state index < -0.39 is 0 Å². The molecule has 3 nitrogen and oxygen atoms in total. The zero-order chi connectivity index (χ0) is 14.1. The number of pyridine rings is 3. The number of nitrogens with zero attached hydrogens (tertiary/aromatic N) is 3. The van der Waals surface area contributed by atoms with E-state index >= 15 is 0 Å². The molecule has 21 heavy (non-hydrogen) atoms. The van der Waals surface area contributed by atoms with Crippen LogP contribution >= 0.6 is 0 Å². The molecule has 3 aromatic heterocycles. The van der Waals surface area contributed by atoms with Crippen LogP contribution in [0.1, 0.15) is 22.6 Å². The molecule has 3 heteroatoms. The van der Waals surface area contributed by atoms with Gasteiger partial charge in [0.25, 0.3) is 0 Å². The molecule has 3 heterocycles. The third-order valence-corrected chi connectivity index (χ3v) is 3.81. The zero-order valence-electron chi connectivity index (χ0n) is 11.3. The molecular formula is C18H13N3. The quantitative estimate of drug-likeness (QED) is 0.731. The first-order chi connectivity index (χ1) is 10.4. The summed E-state index contributed by atoms with van der Waals surface area (Å²) >= 11 is 0. The highest BCUT2D eigenvalue weighted by molar-refractivity contribution is 6.14. The van der Waals surface area contributed by atoms with Crippen molar-refractivity contribution in [2.24, 2.45) is 0 Å². The smallest absolute Gasteiger partial charge is 0.0359 e. The van der Waals surface area contributed by atoms with E-state index in [2.05, 4.69) is 51.4 Å². The predicted octanol–water partition coefficient (Wildman–Crippen LogP) is 3.58. The molecule has 0 aliphatic heterocycles. The molecule has 0 spiro atoms. The Labute approximate surface area is 123 Å². The van der Waals surface area contributed by atoms with Crippen LogP contribution in [0, 0.1) is 0 Å². The fourth-order valence-electron chi connectivity index (χ4n) is 2.82. The maximum Gasteiger partial charge on any atom is 0.0359 e. The summed E-state index contributed by atoms with van der Waals surface area (Å²) in [5.74, 6) is 0.345. The van der Waals surface area contributed by atoms with Crippen LogP contribution < -0.4 is 0 Å². The summed E-state index contributed by atoms with van der Waals surface area (Å²) in [6.07, 6.45) is 11.1. The molecule has 1 aliphatic carbocycles. The summed E-state index contributed by atoms with van der Waals surface area (Å²) in [7, 11) is 0. The number of aromatic nitrogens is 3. The monoisotopic (exact) mass is 271 g/mol. The molecule has 0 amide bonds. The molecule has 0 saturated carbocycles. The molecule has 100 valence electrons. The summed E-state index contributed by atoms with van der Waals surface area (Å²) in [5, 5.41) is 0. The average molecular weight is 271 g/mol. The Morgan fingerprint density at radius 3 is 1.33 bits per heavy atom. The van der Waals surface area contributed by atoms with Crippen LogP contribution in [0.25, 0.3) is 11.1 Å². The second-order valence-corrected chi connectivity index (χ2v) is 5.01. The van der Waals surface area contributed by atoms with Crippen molar-refractivity contribution in [2.75, 3.05) is 0 Å². The van der Waals surface area contributed by atoms with Crippen LogP contribution in [0.2, 0.25) is 0 Å². The van der Waals surface area contributed by atoms with E-state index in [9.17, 15) is 0 Å². The van der Waals surface area contributed by atoms with Crippen molar-refractivity contribution in [3.05, 3.63) is 90.3 Å². The molecule has 0 atom stereocenters. The van der Waals surface area contributed by atoms with Gasteiger partial charge in [-0.15, -0.1) is 0 Å². The van der Waals surface area contributed by atoms with Gasteiger partial charge in [0.2, 0.25) is 0 Å². The Kier molecular flexibility index (Phi) is 2.82. The van der Waals surface area contributed by atoms with E-state index in [1.54, 1.807) is 0 Å². The van der Waals surface area contributed by atoms with Crippen molar-refractivity contribution >= 4 is 11.1 Å². The first-order valence-electron chi connectivity index (χ1n) is 6.90. The van der Waals surface area contributed by atoms with Crippen molar-refractivity contribution in [1.29, 1.82) is 0 Å². The molecule has 0 bridgehead atoms. The van der Waals surface area contributed by atoms with Gasteiger partial charge < -0.3 is 0 Å². The van der Waals surface area contributed by atoms with Crippen LogP contribution in [-0.4, -0.2) is 15.0 Å². The minimum atomic E-state index is 0.345. The SMILES string of the molecule is c1cc(C2=C(c3ccncc3)C2c2ccncc2)ccn1. The molecule has 3 aromatic rings. The molecule has 0 unspecified atom stereocenters. The van der Waals surface area contributed by atoms with Crippen LogP contribution in [0.4, 0.5) is 0 Å². The summed E-state index contributed by atoms with van der Waals surface area (Å²) in [4.78, 5) is 12.3.